The summed E-state index contributed by atoms with van der Waals surface area (Å²) in [5.74, 6) is 0.330. The number of benzene rings is 14. The van der Waals surface area contributed by atoms with Crippen LogP contribution in [-0.2, 0) is 19.3 Å². The molecule has 0 heterocycles. The van der Waals surface area contributed by atoms with Gasteiger partial charge in [0.15, 0.2) is 0 Å². The number of hydrogen-bond donors (Lipinski definition) is 11. The fourth-order valence-corrected chi connectivity index (χ4v) is 13.0. The van der Waals surface area contributed by atoms with Crippen molar-refractivity contribution in [2.45, 2.75) is 26.2 Å². The van der Waals surface area contributed by atoms with Gasteiger partial charge in [0.25, 0.3) is 0 Å². The second-order valence-corrected chi connectivity index (χ2v) is 28.0. The minimum absolute atomic E-state index is 0.0268. The molecule has 14 aromatic carbocycles. The van der Waals surface area contributed by atoms with Crippen molar-refractivity contribution in [3.63, 3.8) is 0 Å². The Labute approximate surface area is 695 Å². The van der Waals surface area contributed by atoms with Crippen LogP contribution in [0.1, 0.15) is 38.9 Å². The van der Waals surface area contributed by atoms with Crippen LogP contribution in [0.2, 0.25) is 0 Å². The molecule has 14 rings (SSSR count). The zero-order valence-electron chi connectivity index (χ0n) is 65.1. The molecule has 11 N–H and O–H groups in total. The number of nitrogens with zero attached hydrogens (tertiary/aromatic N) is 4. The van der Waals surface area contributed by atoms with Crippen molar-refractivity contribution >= 4 is 122 Å². The molecule has 11 amide bonds. The second-order valence-electron chi connectivity index (χ2n) is 28.0. The summed E-state index contributed by atoms with van der Waals surface area (Å²) < 4.78 is 17.0. The van der Waals surface area contributed by atoms with Gasteiger partial charge in [-0.2, -0.15) is 0 Å². The quantitative estimate of drug-likeness (QED) is 0.0284. The summed E-state index contributed by atoms with van der Waals surface area (Å²) in [7, 11) is 1.59. The lowest BCUT2D eigenvalue weighted by atomic mass is 10.0. The van der Waals surface area contributed by atoms with Crippen LogP contribution in [0.3, 0.4) is 0 Å². The molecule has 0 aliphatic carbocycles. The minimum atomic E-state index is -0.781. The number of nitrogens with one attached hydrogen (secondary N) is 7. The highest BCUT2D eigenvalue weighted by molar-refractivity contribution is 6.10. The molecule has 0 saturated carbocycles. The monoisotopic (exact) mass is 1610 g/mol. The van der Waals surface area contributed by atoms with Gasteiger partial charge in [0.05, 0.1) is 34.1 Å². The summed E-state index contributed by atoms with van der Waals surface area (Å²) in [6, 6.07) is 93.3. The average molecular weight is 1610 g/mol. The Morgan fingerprint density at radius 3 is 0.711 bits per heavy atom. The van der Waals surface area contributed by atoms with Crippen LogP contribution < -0.4 is 71.0 Å². The zero-order chi connectivity index (χ0) is 84.3. The van der Waals surface area contributed by atoms with Crippen LogP contribution in [0.15, 0.2) is 340 Å². The van der Waals surface area contributed by atoms with Crippen LogP contribution in [-0.4, -0.2) is 69.9 Å². The van der Waals surface area contributed by atoms with Gasteiger partial charge in [-0.25, -0.2) is 33.6 Å². The van der Waals surface area contributed by atoms with E-state index < -0.39 is 42.4 Å². The van der Waals surface area contributed by atoms with Crippen LogP contribution in [0.25, 0.3) is 0 Å². The van der Waals surface area contributed by atoms with Crippen molar-refractivity contribution in [1.82, 2.24) is 0 Å². The number of carbonyl (C=O) groups excluding carboxylic acids is 7. The number of amides is 11. The fraction of sp³-hybridized carbons (Fsp3) is 0.0521. The third kappa shape index (κ3) is 22.0. The summed E-state index contributed by atoms with van der Waals surface area (Å²) in [5.41, 5.74) is 12.9. The van der Waals surface area contributed by atoms with Crippen LogP contribution in [0, 0.1) is 6.92 Å². The maximum absolute atomic E-state index is 14.3. The maximum atomic E-state index is 14.3. The summed E-state index contributed by atoms with van der Waals surface area (Å²) in [4.78, 5) is 100. The molecule has 25 nitrogen and oxygen atoms in total. The maximum Gasteiger partial charge on any atom is 0.417 e. The number of phenols is 4. The highest BCUT2D eigenvalue weighted by Crippen LogP contribution is 2.37. The number of ether oxygens (including phenoxy) is 3. The molecule has 0 saturated heterocycles. The molecular formula is C96H79N11O14. The molecule has 14 aromatic rings. The molecular weight excluding hydrogens is 1530 g/mol. The molecule has 0 atom stereocenters. The Morgan fingerprint density at radius 1 is 0.248 bits per heavy atom. The molecule has 0 unspecified atom stereocenters. The van der Waals surface area contributed by atoms with Crippen molar-refractivity contribution in [1.29, 1.82) is 0 Å². The molecule has 0 aliphatic rings. The third-order valence-electron chi connectivity index (χ3n) is 19.0. The van der Waals surface area contributed by atoms with Crippen molar-refractivity contribution < 1.29 is 68.2 Å². The SMILES string of the molecule is Cc1ccc(NC(=O)N(c2cccc(O)c2)c2cccc(OC(=O)Nc3ccc(Cc4ccc(NC(=O)N(C)c5cccc(OC(=O)Nc6ccc(Cc7ccc(NC(=O)N(c8cccc(O)c8)c8cccc(OC(=O)Nc9ccc(Cc%10ccc(NC(=O)N(c%11cccc(O)c%11)c%11cccc(O)c%11)cc%10)cc9)c8)cc7)cc6)c5)cc4)cc3)c2)cc1. The Kier molecular flexibility index (Phi) is 25.1. The van der Waals surface area contributed by atoms with E-state index in [-0.39, 0.29) is 40.2 Å². The predicted octanol–water partition coefficient (Wildman–Crippen LogP) is 22.2. The van der Waals surface area contributed by atoms with E-state index in [4.69, 9.17) is 14.2 Å². The number of aromatic hydroxyl groups is 4. The third-order valence-corrected chi connectivity index (χ3v) is 19.0. The van der Waals surface area contributed by atoms with Crippen LogP contribution in [0.4, 0.5) is 113 Å². The Morgan fingerprint density at radius 2 is 0.455 bits per heavy atom. The molecule has 0 aromatic heterocycles. The molecule has 0 aliphatic heterocycles. The number of hydrogen-bond acceptors (Lipinski definition) is 14. The molecule has 0 radical (unpaired) electrons. The standard InChI is InChI=1S/C96H79N11O14/c1-62-24-38-69(39-25-62)98-92(114)106(79-13-5-19-85(110)57-79)81-15-8-22-88(60-81)120-95(117)102-74-48-34-66(35-49-74)52-63-26-40-70(41-27-63)97-90(112)104(2)76-10-7-21-87(59-76)119-94(116)101-73-46-32-67(33-47-73)54-65-30-44-72(45-31-65)100-93(115)107(80-14-6-20-86(111)58-80)82-16-9-23-89(61-82)121-96(118)103-75-50-36-68(37-51-75)53-64-28-42-71(43-29-64)99-91(113)105(77-11-3-17-83(108)55-77)78-12-4-18-84(109)56-78/h3-51,55-61,108-111H,52-54H2,1-2H3,(H,97,112)(H,98,114)(H,99,113)(H,100,115)(H,101,116)(H,102,117)(H,103,118). The normalized spacial score (nSPS) is 10.7. The lowest BCUT2D eigenvalue weighted by Gasteiger charge is -2.24. The Balaban J connectivity index is 0.511. The number of rotatable bonds is 23. The Hall–Kier alpha value is -16.8. The first-order valence-electron chi connectivity index (χ1n) is 38.1. The van der Waals surface area contributed by atoms with Crippen LogP contribution >= 0.6 is 0 Å². The first kappa shape index (κ1) is 80.8. The molecule has 25 heteroatoms. The molecule has 0 spiro atoms. The van der Waals surface area contributed by atoms with Gasteiger partial charge in [-0.15, -0.1) is 0 Å². The zero-order valence-corrected chi connectivity index (χ0v) is 65.1. The van der Waals surface area contributed by atoms with E-state index in [2.05, 4.69) is 37.2 Å². The lowest BCUT2D eigenvalue weighted by molar-refractivity contribution is 0.214. The van der Waals surface area contributed by atoms with Crippen molar-refractivity contribution in [3.05, 3.63) is 379 Å². The van der Waals surface area contributed by atoms with E-state index >= 15 is 0 Å². The first-order valence-corrected chi connectivity index (χ1v) is 38.1. The van der Waals surface area contributed by atoms with Gasteiger partial charge >= 0.3 is 42.4 Å². The number of anilines is 14. The van der Waals surface area contributed by atoms with E-state index in [0.29, 0.717) is 98.9 Å². The number of carbonyl (C=O) groups is 7. The summed E-state index contributed by atoms with van der Waals surface area (Å²) in [6.45, 7) is 1.95. The fourth-order valence-electron chi connectivity index (χ4n) is 13.0. The van der Waals surface area contributed by atoms with E-state index in [1.165, 1.54) is 74.2 Å². The van der Waals surface area contributed by atoms with Crippen molar-refractivity contribution in [3.8, 4) is 40.2 Å². The average Bonchev–Trinajstić information content (AvgIpc) is 0.815. The molecule has 602 valence electrons. The van der Waals surface area contributed by atoms with Gasteiger partial charge in [-0.3, -0.25) is 35.6 Å². The highest BCUT2D eigenvalue weighted by Gasteiger charge is 2.25. The van der Waals surface area contributed by atoms with Gasteiger partial charge in [-0.05, 0) is 229 Å². The van der Waals surface area contributed by atoms with Gasteiger partial charge in [-0.1, -0.05) is 133 Å². The highest BCUT2D eigenvalue weighted by atomic mass is 16.6. The van der Waals surface area contributed by atoms with Gasteiger partial charge < -0.3 is 55.9 Å². The predicted molar refractivity (Wildman–Crippen MR) is 470 cm³/mol. The largest absolute Gasteiger partial charge is 0.508 e. The van der Waals surface area contributed by atoms with Crippen molar-refractivity contribution in [2.75, 3.05) is 63.9 Å². The molecule has 121 heavy (non-hydrogen) atoms. The molecule has 0 fully saturated rings. The summed E-state index contributed by atoms with van der Waals surface area (Å²) in [6.07, 6.45) is -0.673. The van der Waals surface area contributed by atoms with E-state index in [1.54, 1.807) is 207 Å². The number of aryl methyl sites for hydroxylation is 1. The second kappa shape index (κ2) is 37.6. The lowest BCUT2D eigenvalue weighted by Crippen LogP contribution is -2.31. The number of phenolic OH excluding ortho intramolecular Hbond substituents is 4. The first-order chi connectivity index (χ1) is 58.6. The topological polar surface area (TPSA) is 325 Å². The van der Waals surface area contributed by atoms with E-state index in [1.807, 2.05) is 91.9 Å². The summed E-state index contributed by atoms with van der Waals surface area (Å²) >= 11 is 0. The van der Waals surface area contributed by atoms with Gasteiger partial charge in [0.1, 0.15) is 40.2 Å². The van der Waals surface area contributed by atoms with Gasteiger partial charge in [0, 0.05) is 95.0 Å². The Bertz CT molecular complexity index is 6040. The minimum Gasteiger partial charge on any atom is -0.508 e. The van der Waals surface area contributed by atoms with E-state index in [9.17, 15) is 54.0 Å². The van der Waals surface area contributed by atoms with Crippen LogP contribution in [0.5, 0.6) is 40.2 Å². The summed E-state index contributed by atoms with van der Waals surface area (Å²) in [5, 5.41) is 61.0. The number of urea groups is 4. The smallest absolute Gasteiger partial charge is 0.417 e. The molecule has 0 bridgehead atoms. The van der Waals surface area contributed by atoms with Gasteiger partial charge in [0.2, 0.25) is 0 Å². The van der Waals surface area contributed by atoms with E-state index in [0.717, 1.165) is 38.9 Å². The van der Waals surface area contributed by atoms with Crippen molar-refractivity contribution in [2.24, 2.45) is 0 Å².